The number of rotatable bonds is 1. The van der Waals surface area contributed by atoms with E-state index < -0.39 is 0 Å². The summed E-state index contributed by atoms with van der Waals surface area (Å²) in [6.07, 6.45) is 5.07. The molecule has 0 saturated carbocycles. The van der Waals surface area contributed by atoms with Crippen molar-refractivity contribution in [3.8, 4) is 0 Å². The van der Waals surface area contributed by atoms with E-state index in [1.807, 2.05) is 18.2 Å². The van der Waals surface area contributed by atoms with Crippen LogP contribution in [0.4, 0.5) is 0 Å². The summed E-state index contributed by atoms with van der Waals surface area (Å²) >= 11 is 0. The van der Waals surface area contributed by atoms with Gasteiger partial charge in [-0.3, -0.25) is 9.69 Å². The van der Waals surface area contributed by atoms with Crippen LogP contribution < -0.4 is 0 Å². The number of nitrogens with zero attached hydrogens (tertiary/aromatic N) is 1. The van der Waals surface area contributed by atoms with Gasteiger partial charge in [-0.1, -0.05) is 30.3 Å². The molecule has 3 rings (SSSR count). The quantitative estimate of drug-likeness (QED) is 0.687. The third-order valence-corrected chi connectivity index (χ3v) is 4.06. The van der Waals surface area contributed by atoms with Crippen LogP contribution in [-0.4, -0.2) is 29.8 Å². The minimum atomic E-state index is 0.347. The van der Waals surface area contributed by atoms with E-state index in [2.05, 4.69) is 30.2 Å². The Bertz CT molecular complexity index is 463. The van der Waals surface area contributed by atoms with Crippen molar-refractivity contribution in [1.29, 1.82) is 0 Å². The fourth-order valence-corrected chi connectivity index (χ4v) is 3.06. The van der Waals surface area contributed by atoms with Crippen molar-refractivity contribution >= 4 is 11.9 Å². The summed E-state index contributed by atoms with van der Waals surface area (Å²) in [6, 6.07) is 11.0. The molecule has 0 N–H and O–H groups in total. The Morgan fingerprint density at radius 2 is 2.00 bits per heavy atom. The molecule has 2 nitrogen and oxygen atoms in total. The second kappa shape index (κ2) is 4.11. The van der Waals surface area contributed by atoms with Crippen LogP contribution in [0.2, 0.25) is 0 Å². The maximum atomic E-state index is 12.1. The van der Waals surface area contributed by atoms with E-state index in [0.717, 1.165) is 17.6 Å². The molecule has 0 radical (unpaired) electrons. The van der Waals surface area contributed by atoms with Crippen molar-refractivity contribution in [2.75, 3.05) is 7.05 Å². The topological polar surface area (TPSA) is 20.3 Å². The maximum absolute atomic E-state index is 12.1. The third kappa shape index (κ3) is 1.83. The molecule has 2 heteroatoms. The summed E-state index contributed by atoms with van der Waals surface area (Å²) < 4.78 is 0. The molecule has 88 valence electrons. The maximum Gasteiger partial charge on any atom is 0.162 e. The number of hydrogen-bond acceptors (Lipinski definition) is 2. The lowest BCUT2D eigenvalue weighted by Gasteiger charge is -2.32. The number of benzene rings is 1. The number of carbonyl (C=O) groups excluding carboxylic acids is 1. The van der Waals surface area contributed by atoms with Crippen molar-refractivity contribution in [3.05, 3.63) is 41.5 Å². The number of hydrogen-bond donors (Lipinski definition) is 0. The van der Waals surface area contributed by atoms with Gasteiger partial charge in [0.15, 0.2) is 5.78 Å². The number of ketones is 1. The number of Topliss-reactive ketones (excluding diaryl/α,β-unsaturated/α-hetero) is 1. The lowest BCUT2D eigenvalue weighted by atomic mass is 9.94. The van der Waals surface area contributed by atoms with Crippen LogP contribution in [0.15, 0.2) is 35.9 Å². The molecule has 2 aliphatic heterocycles. The molecule has 2 atom stereocenters. The molecule has 0 amide bonds. The van der Waals surface area contributed by atoms with Gasteiger partial charge in [0.25, 0.3) is 0 Å². The van der Waals surface area contributed by atoms with Gasteiger partial charge in [-0.15, -0.1) is 0 Å². The molecule has 0 aromatic heterocycles. The summed E-state index contributed by atoms with van der Waals surface area (Å²) in [7, 11) is 2.15. The standard InChI is InChI=1S/C15H17NO/c1-16-12-7-8-14(16)13(15(17)10-12)9-11-5-3-2-4-6-11/h2-6,9,12,14H,7-8,10H2,1H3/b13-9+/t12-,14+/m1/s1. The van der Waals surface area contributed by atoms with Gasteiger partial charge in [-0.2, -0.15) is 0 Å². The first-order valence-electron chi connectivity index (χ1n) is 6.27. The molecular weight excluding hydrogens is 210 g/mol. The van der Waals surface area contributed by atoms with Crippen molar-refractivity contribution < 1.29 is 4.79 Å². The number of likely N-dealkylation sites (N-methyl/N-ethyl adjacent to an activating group) is 1. The SMILES string of the molecule is CN1[C@@H]2CC[C@H]1/C(=C\c1ccccc1)C(=O)C2. The largest absolute Gasteiger partial charge is 0.296 e. The summed E-state index contributed by atoms with van der Waals surface area (Å²) in [5.74, 6) is 0.347. The highest BCUT2D eigenvalue weighted by Crippen LogP contribution is 2.36. The van der Waals surface area contributed by atoms with Crippen molar-refractivity contribution in [2.24, 2.45) is 0 Å². The zero-order valence-electron chi connectivity index (χ0n) is 10.1. The Kier molecular flexibility index (Phi) is 2.60. The van der Waals surface area contributed by atoms with Gasteiger partial charge >= 0.3 is 0 Å². The summed E-state index contributed by atoms with van der Waals surface area (Å²) in [6.45, 7) is 0. The zero-order chi connectivity index (χ0) is 11.8. The highest BCUT2D eigenvalue weighted by molar-refractivity contribution is 6.02. The molecule has 0 aliphatic carbocycles. The van der Waals surface area contributed by atoms with Crippen LogP contribution in [0.5, 0.6) is 0 Å². The minimum absolute atomic E-state index is 0.347. The lowest BCUT2D eigenvalue weighted by molar-refractivity contribution is -0.118. The van der Waals surface area contributed by atoms with Crippen LogP contribution in [0.25, 0.3) is 6.08 Å². The van der Waals surface area contributed by atoms with Crippen molar-refractivity contribution in [2.45, 2.75) is 31.3 Å². The van der Waals surface area contributed by atoms with Gasteiger partial charge in [0.1, 0.15) is 0 Å². The Hall–Kier alpha value is -1.41. The number of carbonyl (C=O) groups is 1. The van der Waals surface area contributed by atoms with Crippen LogP contribution in [0, 0.1) is 0 Å². The van der Waals surface area contributed by atoms with Gasteiger partial charge in [-0.05, 0) is 31.5 Å². The highest BCUT2D eigenvalue weighted by Gasteiger charge is 2.40. The van der Waals surface area contributed by atoms with Crippen molar-refractivity contribution in [1.82, 2.24) is 4.90 Å². The molecule has 2 saturated heterocycles. The van der Waals surface area contributed by atoms with Crippen LogP contribution in [-0.2, 0) is 4.79 Å². The van der Waals surface area contributed by atoms with Gasteiger partial charge in [0.05, 0.1) is 0 Å². The minimum Gasteiger partial charge on any atom is -0.296 e. The van der Waals surface area contributed by atoms with E-state index in [-0.39, 0.29) is 0 Å². The Morgan fingerprint density at radius 3 is 2.76 bits per heavy atom. The van der Waals surface area contributed by atoms with Crippen molar-refractivity contribution in [3.63, 3.8) is 0 Å². The molecule has 0 spiro atoms. The summed E-state index contributed by atoms with van der Waals surface area (Å²) in [5.41, 5.74) is 2.14. The molecule has 1 aromatic carbocycles. The lowest BCUT2D eigenvalue weighted by Crippen LogP contribution is -2.41. The van der Waals surface area contributed by atoms with E-state index in [0.29, 0.717) is 24.3 Å². The molecule has 1 aromatic rings. The van der Waals surface area contributed by atoms with Gasteiger partial charge in [-0.25, -0.2) is 0 Å². The molecular formula is C15H17NO. The van der Waals surface area contributed by atoms with Crippen LogP contribution in [0.3, 0.4) is 0 Å². The first-order valence-corrected chi connectivity index (χ1v) is 6.27. The number of piperidine rings is 1. The Balaban J connectivity index is 1.96. The predicted molar refractivity (Wildman–Crippen MR) is 68.6 cm³/mol. The first-order chi connectivity index (χ1) is 8.25. The zero-order valence-corrected chi connectivity index (χ0v) is 10.1. The molecule has 2 aliphatic rings. The number of fused-ring (bicyclic) bond motifs is 2. The van der Waals surface area contributed by atoms with Crippen LogP contribution in [0.1, 0.15) is 24.8 Å². The second-order valence-electron chi connectivity index (χ2n) is 5.05. The van der Waals surface area contributed by atoms with E-state index in [9.17, 15) is 4.79 Å². The second-order valence-corrected chi connectivity index (χ2v) is 5.05. The third-order valence-electron chi connectivity index (χ3n) is 4.06. The molecule has 17 heavy (non-hydrogen) atoms. The summed E-state index contributed by atoms with van der Waals surface area (Å²) in [5, 5.41) is 0. The predicted octanol–water partition coefficient (Wildman–Crippen LogP) is 2.51. The van der Waals surface area contributed by atoms with E-state index in [1.165, 1.54) is 6.42 Å². The van der Waals surface area contributed by atoms with Gasteiger partial charge in [0.2, 0.25) is 0 Å². The fourth-order valence-electron chi connectivity index (χ4n) is 3.06. The van der Waals surface area contributed by atoms with E-state index in [4.69, 9.17) is 0 Å². The van der Waals surface area contributed by atoms with E-state index in [1.54, 1.807) is 0 Å². The van der Waals surface area contributed by atoms with Gasteiger partial charge < -0.3 is 0 Å². The monoisotopic (exact) mass is 227 g/mol. The first kappa shape index (κ1) is 10.7. The average Bonchev–Trinajstić information content (AvgIpc) is 2.59. The van der Waals surface area contributed by atoms with E-state index >= 15 is 0 Å². The highest BCUT2D eigenvalue weighted by atomic mass is 16.1. The fraction of sp³-hybridized carbons (Fsp3) is 0.400. The van der Waals surface area contributed by atoms with Gasteiger partial charge in [0, 0.05) is 24.1 Å². The molecule has 2 bridgehead atoms. The Morgan fingerprint density at radius 1 is 1.24 bits per heavy atom. The molecule has 0 unspecified atom stereocenters. The van der Waals surface area contributed by atoms with Crippen LogP contribution >= 0.6 is 0 Å². The molecule has 2 heterocycles. The Labute approximate surface area is 102 Å². The molecule has 2 fully saturated rings. The summed E-state index contributed by atoms with van der Waals surface area (Å²) in [4.78, 5) is 14.5. The average molecular weight is 227 g/mol. The normalized spacial score (nSPS) is 31.1. The smallest absolute Gasteiger partial charge is 0.162 e.